The Hall–Kier alpha value is -3.13. The predicted octanol–water partition coefficient (Wildman–Crippen LogP) is 2.41. The van der Waals surface area contributed by atoms with Crippen LogP contribution < -0.4 is 4.74 Å². The van der Waals surface area contributed by atoms with Crippen LogP contribution in [0.4, 0.5) is 0 Å². The molecule has 0 saturated carbocycles. The van der Waals surface area contributed by atoms with Crippen LogP contribution in [-0.2, 0) is 9.59 Å². The number of amides is 1. The summed E-state index contributed by atoms with van der Waals surface area (Å²) in [6, 6.07) is 6.53. The number of carbonyl (C=O) groups is 2. The van der Waals surface area contributed by atoms with Gasteiger partial charge in [0.05, 0.1) is 30.0 Å². The van der Waals surface area contributed by atoms with Crippen molar-refractivity contribution in [3.05, 3.63) is 52.4 Å². The highest BCUT2D eigenvalue weighted by molar-refractivity contribution is 6.46. The van der Waals surface area contributed by atoms with Crippen molar-refractivity contribution in [3.8, 4) is 5.75 Å². The number of methoxy groups -OCH3 is 1. The molecule has 0 spiro atoms. The molecule has 30 heavy (non-hydrogen) atoms. The van der Waals surface area contributed by atoms with Crippen LogP contribution in [0.5, 0.6) is 5.75 Å². The SMILES string of the molecule is COc1cccc([C@H]2/C(=C(\O)c3c(C)n[nH]c3C)C(=O)C(=O)N2CCCN(C)C)c1. The molecule has 0 unspecified atom stereocenters. The Morgan fingerprint density at radius 3 is 2.63 bits per heavy atom. The van der Waals surface area contributed by atoms with Crippen molar-refractivity contribution in [3.63, 3.8) is 0 Å². The Kier molecular flexibility index (Phi) is 6.26. The second-order valence-corrected chi connectivity index (χ2v) is 7.73. The number of aryl methyl sites for hydroxylation is 2. The fourth-order valence-electron chi connectivity index (χ4n) is 3.86. The molecule has 8 nitrogen and oxygen atoms in total. The first-order valence-electron chi connectivity index (χ1n) is 9.85. The molecule has 1 saturated heterocycles. The van der Waals surface area contributed by atoms with E-state index in [1.165, 1.54) is 4.90 Å². The Balaban J connectivity index is 2.14. The van der Waals surface area contributed by atoms with Crippen LogP contribution in [0.1, 0.15) is 35.0 Å². The molecule has 160 valence electrons. The van der Waals surface area contributed by atoms with Gasteiger partial charge < -0.3 is 19.6 Å². The molecule has 0 radical (unpaired) electrons. The van der Waals surface area contributed by atoms with E-state index in [0.29, 0.717) is 41.2 Å². The van der Waals surface area contributed by atoms with Crippen LogP contribution in [0.3, 0.4) is 0 Å². The summed E-state index contributed by atoms with van der Waals surface area (Å²) in [5.74, 6) is -0.894. The molecule has 1 aromatic heterocycles. The van der Waals surface area contributed by atoms with Gasteiger partial charge in [0, 0.05) is 12.2 Å². The van der Waals surface area contributed by atoms with Gasteiger partial charge in [-0.3, -0.25) is 14.7 Å². The van der Waals surface area contributed by atoms with Gasteiger partial charge in [-0.25, -0.2) is 0 Å². The van der Waals surface area contributed by atoms with E-state index in [1.807, 2.05) is 31.1 Å². The van der Waals surface area contributed by atoms with Crippen molar-refractivity contribution in [2.24, 2.45) is 0 Å². The van der Waals surface area contributed by atoms with Gasteiger partial charge >= 0.3 is 0 Å². The Labute approximate surface area is 176 Å². The van der Waals surface area contributed by atoms with Crippen LogP contribution in [0.25, 0.3) is 5.76 Å². The molecule has 0 aliphatic carbocycles. The Morgan fingerprint density at radius 2 is 2.03 bits per heavy atom. The van der Waals surface area contributed by atoms with Crippen molar-refractivity contribution >= 4 is 17.4 Å². The number of aliphatic hydroxyl groups excluding tert-OH is 1. The van der Waals surface area contributed by atoms with Crippen LogP contribution in [0.2, 0.25) is 0 Å². The second-order valence-electron chi connectivity index (χ2n) is 7.73. The van der Waals surface area contributed by atoms with Gasteiger partial charge in [0.1, 0.15) is 11.5 Å². The Bertz CT molecular complexity index is 973. The summed E-state index contributed by atoms with van der Waals surface area (Å²) in [5.41, 5.74) is 2.43. The maximum atomic E-state index is 13.0. The van der Waals surface area contributed by atoms with E-state index in [0.717, 1.165) is 6.54 Å². The number of aromatic amines is 1. The summed E-state index contributed by atoms with van der Waals surface area (Å²) >= 11 is 0. The molecule has 1 aromatic carbocycles. The van der Waals surface area contributed by atoms with Gasteiger partial charge in [-0.1, -0.05) is 12.1 Å². The number of aromatic nitrogens is 2. The highest BCUT2D eigenvalue weighted by Gasteiger charge is 2.46. The first kappa shape index (κ1) is 21.6. The predicted molar refractivity (Wildman–Crippen MR) is 113 cm³/mol. The van der Waals surface area contributed by atoms with Crippen LogP contribution >= 0.6 is 0 Å². The van der Waals surface area contributed by atoms with Crippen molar-refractivity contribution in [2.75, 3.05) is 34.3 Å². The lowest BCUT2D eigenvalue weighted by Crippen LogP contribution is -2.32. The highest BCUT2D eigenvalue weighted by Crippen LogP contribution is 2.41. The standard InChI is InChI=1S/C22H28N4O4/c1-13-17(14(2)24-23-13)20(27)18-19(15-8-6-9-16(12-15)30-5)26(22(29)21(18)28)11-7-10-25(3)4/h6,8-9,12,19,27H,7,10-11H2,1-5H3,(H,23,24)/b20-18+/t19-/m0/s1. The quantitative estimate of drug-likeness (QED) is 0.412. The Morgan fingerprint density at radius 1 is 1.30 bits per heavy atom. The number of aliphatic hydroxyl groups is 1. The third-order valence-electron chi connectivity index (χ3n) is 5.32. The van der Waals surface area contributed by atoms with Gasteiger partial charge in [-0.05, 0) is 58.6 Å². The molecule has 1 aliphatic rings. The number of benzene rings is 1. The first-order valence-corrected chi connectivity index (χ1v) is 9.85. The highest BCUT2D eigenvalue weighted by atomic mass is 16.5. The van der Waals surface area contributed by atoms with E-state index >= 15 is 0 Å². The molecule has 2 aromatic rings. The average molecular weight is 412 g/mol. The summed E-state index contributed by atoms with van der Waals surface area (Å²) < 4.78 is 5.33. The normalized spacial score (nSPS) is 18.5. The van der Waals surface area contributed by atoms with E-state index in [9.17, 15) is 14.7 Å². The maximum absolute atomic E-state index is 13.0. The van der Waals surface area contributed by atoms with Gasteiger partial charge in [-0.15, -0.1) is 0 Å². The van der Waals surface area contributed by atoms with Gasteiger partial charge in [0.15, 0.2) is 0 Å². The molecule has 0 bridgehead atoms. The summed E-state index contributed by atoms with van der Waals surface area (Å²) in [6.07, 6.45) is 0.699. The zero-order valence-corrected chi connectivity index (χ0v) is 18.0. The molecule has 2 heterocycles. The summed E-state index contributed by atoms with van der Waals surface area (Å²) in [5, 5.41) is 18.1. The minimum atomic E-state index is -0.698. The lowest BCUT2D eigenvalue weighted by atomic mass is 9.94. The molecular formula is C22H28N4O4. The molecular weight excluding hydrogens is 384 g/mol. The van der Waals surface area contributed by atoms with Crippen molar-refractivity contribution in [2.45, 2.75) is 26.3 Å². The zero-order chi connectivity index (χ0) is 22.0. The van der Waals surface area contributed by atoms with Gasteiger partial charge in [0.25, 0.3) is 11.7 Å². The molecule has 1 amide bonds. The number of H-pyrrole nitrogens is 1. The lowest BCUT2D eigenvalue weighted by molar-refractivity contribution is -0.139. The number of nitrogens with zero attached hydrogens (tertiary/aromatic N) is 3. The fraction of sp³-hybridized carbons (Fsp3) is 0.409. The topological polar surface area (TPSA) is 98.8 Å². The smallest absolute Gasteiger partial charge is 0.295 e. The number of hydrogen-bond acceptors (Lipinski definition) is 6. The number of rotatable bonds is 7. The van der Waals surface area contributed by atoms with Crippen LogP contribution in [-0.4, -0.2) is 71.1 Å². The van der Waals surface area contributed by atoms with E-state index in [-0.39, 0.29) is 11.3 Å². The number of hydrogen-bond donors (Lipinski definition) is 2. The van der Waals surface area contributed by atoms with Crippen molar-refractivity contribution in [1.29, 1.82) is 0 Å². The number of likely N-dealkylation sites (tertiary alicyclic amines) is 1. The van der Waals surface area contributed by atoms with Gasteiger partial charge in [-0.2, -0.15) is 5.10 Å². The van der Waals surface area contributed by atoms with E-state index < -0.39 is 17.7 Å². The zero-order valence-electron chi connectivity index (χ0n) is 18.0. The largest absolute Gasteiger partial charge is 0.507 e. The van der Waals surface area contributed by atoms with Crippen molar-refractivity contribution in [1.82, 2.24) is 20.0 Å². The molecule has 8 heteroatoms. The number of ether oxygens (including phenoxy) is 1. The molecule has 1 aliphatic heterocycles. The summed E-state index contributed by atoms with van der Waals surface area (Å²) in [6.45, 7) is 4.67. The molecule has 1 atom stereocenters. The number of nitrogens with one attached hydrogen (secondary N) is 1. The molecule has 1 fully saturated rings. The summed E-state index contributed by atoms with van der Waals surface area (Å²) in [7, 11) is 5.47. The van der Waals surface area contributed by atoms with E-state index in [2.05, 4.69) is 10.2 Å². The van der Waals surface area contributed by atoms with Crippen LogP contribution in [0, 0.1) is 13.8 Å². The minimum absolute atomic E-state index is 0.0747. The third kappa shape index (κ3) is 3.95. The van der Waals surface area contributed by atoms with Crippen LogP contribution in [0.15, 0.2) is 29.8 Å². The summed E-state index contributed by atoms with van der Waals surface area (Å²) in [4.78, 5) is 29.5. The minimum Gasteiger partial charge on any atom is -0.507 e. The number of ketones is 1. The lowest BCUT2D eigenvalue weighted by Gasteiger charge is -2.26. The second kappa shape index (κ2) is 8.71. The average Bonchev–Trinajstić information content (AvgIpc) is 3.18. The monoisotopic (exact) mass is 412 g/mol. The van der Waals surface area contributed by atoms with E-state index in [1.54, 1.807) is 33.1 Å². The fourth-order valence-corrected chi connectivity index (χ4v) is 3.86. The molecule has 3 rings (SSSR count). The third-order valence-corrected chi connectivity index (χ3v) is 5.32. The number of Topliss-reactive ketones (excluding diaryl/α,β-unsaturated/α-hetero) is 1. The van der Waals surface area contributed by atoms with E-state index in [4.69, 9.17) is 4.74 Å². The first-order chi connectivity index (χ1) is 14.3. The van der Waals surface area contributed by atoms with Gasteiger partial charge in [0.2, 0.25) is 0 Å². The molecule has 2 N–H and O–H groups in total. The number of carbonyl (C=O) groups excluding carboxylic acids is 2. The maximum Gasteiger partial charge on any atom is 0.295 e. The van der Waals surface area contributed by atoms with Crippen molar-refractivity contribution < 1.29 is 19.4 Å².